The number of hydrogen-bond donors (Lipinski definition) is 1. The number of nitrogens with zero attached hydrogens (tertiary/aromatic N) is 4. The first-order valence-electron chi connectivity index (χ1n) is 13.7. The van der Waals surface area contributed by atoms with Crippen LogP contribution in [0.2, 0.25) is 0 Å². The van der Waals surface area contributed by atoms with Crippen molar-refractivity contribution < 1.29 is 18.7 Å². The van der Waals surface area contributed by atoms with Crippen LogP contribution in [0.4, 0.5) is 10.2 Å². The van der Waals surface area contributed by atoms with Gasteiger partial charge in [0.05, 0.1) is 29.5 Å². The van der Waals surface area contributed by atoms with Crippen LogP contribution in [0, 0.1) is 5.82 Å². The van der Waals surface area contributed by atoms with E-state index in [0.29, 0.717) is 28.5 Å². The molecule has 6 rings (SSSR count). The number of thioether (sulfide) groups is 1. The number of pyridine rings is 1. The Bertz CT molecular complexity index is 1750. The summed E-state index contributed by atoms with van der Waals surface area (Å²) in [4.78, 5) is 32.8. The molecule has 2 amide bonds. The van der Waals surface area contributed by atoms with E-state index in [1.54, 1.807) is 36.3 Å². The van der Waals surface area contributed by atoms with Gasteiger partial charge in [0.1, 0.15) is 23.9 Å². The van der Waals surface area contributed by atoms with Gasteiger partial charge in [-0.25, -0.2) is 9.07 Å². The zero-order valence-electron chi connectivity index (χ0n) is 23.3. The van der Waals surface area contributed by atoms with Crippen molar-refractivity contribution in [2.24, 2.45) is 0 Å². The van der Waals surface area contributed by atoms with E-state index in [1.807, 2.05) is 66.7 Å². The van der Waals surface area contributed by atoms with Gasteiger partial charge in [0.2, 0.25) is 11.8 Å². The number of ether oxygens (including phenoxy) is 1. The van der Waals surface area contributed by atoms with Gasteiger partial charge < -0.3 is 10.1 Å². The third kappa shape index (κ3) is 6.00. The molecule has 0 unspecified atom stereocenters. The second-order valence-corrected chi connectivity index (χ2v) is 11.0. The van der Waals surface area contributed by atoms with Crippen LogP contribution >= 0.6 is 11.8 Å². The number of rotatable bonds is 8. The van der Waals surface area contributed by atoms with Gasteiger partial charge in [0.25, 0.3) is 0 Å². The maximum absolute atomic E-state index is 14.5. The second kappa shape index (κ2) is 12.5. The largest absolute Gasteiger partial charge is 0.497 e. The number of carbonyl (C=O) groups excluding carboxylic acids is 2. The number of hydrogen-bond acceptors (Lipinski definition) is 6. The van der Waals surface area contributed by atoms with Crippen LogP contribution in [0.1, 0.15) is 21.9 Å². The Morgan fingerprint density at radius 2 is 1.86 bits per heavy atom. The molecule has 8 nitrogen and oxygen atoms in total. The molecule has 0 spiro atoms. The van der Waals surface area contributed by atoms with E-state index in [1.165, 1.54) is 28.8 Å². The summed E-state index contributed by atoms with van der Waals surface area (Å²) in [7, 11) is 1.59. The molecule has 10 heteroatoms. The number of carbonyl (C=O) groups is 2. The van der Waals surface area contributed by atoms with Crippen LogP contribution in [-0.4, -0.2) is 46.0 Å². The smallest absolute Gasteiger partial charge is 0.240 e. The molecule has 3 aromatic carbocycles. The Kier molecular flexibility index (Phi) is 8.19. The molecule has 0 radical (unpaired) electrons. The van der Waals surface area contributed by atoms with Crippen LogP contribution < -0.4 is 15.0 Å². The van der Waals surface area contributed by atoms with Crippen molar-refractivity contribution >= 4 is 29.4 Å². The molecule has 1 aliphatic rings. The van der Waals surface area contributed by atoms with E-state index in [0.717, 1.165) is 16.7 Å². The van der Waals surface area contributed by atoms with Gasteiger partial charge in [-0.15, -0.1) is 11.8 Å². The number of methoxy groups -OCH3 is 1. The topological polar surface area (TPSA) is 89.3 Å². The third-order valence-electron chi connectivity index (χ3n) is 7.12. The van der Waals surface area contributed by atoms with Gasteiger partial charge in [-0.3, -0.25) is 19.5 Å². The predicted molar refractivity (Wildman–Crippen MR) is 165 cm³/mol. The highest BCUT2D eigenvalue weighted by Gasteiger charge is 2.37. The summed E-state index contributed by atoms with van der Waals surface area (Å²) in [5, 5.41) is 7.52. The summed E-state index contributed by atoms with van der Waals surface area (Å²) in [5.41, 5.74) is 4.43. The molecule has 5 aromatic rings. The standard InChI is InChI=1S/C33H28FN5O3S/c1-42-27-14-12-26(13-15-27)39-33-30(31(37-39)23-8-3-2-4-9-23)32(24-10-5-11-25(34)17-24)43-21-29(41)38(33)20-28(40)36-19-22-7-6-16-35-18-22/h2-18,32H,19-21H2,1H3,(H,36,40)/t32-/m1/s1. The van der Waals surface area contributed by atoms with Crippen molar-refractivity contribution in [3.05, 3.63) is 126 Å². The van der Waals surface area contributed by atoms with Crippen molar-refractivity contribution in [2.45, 2.75) is 11.8 Å². The average Bonchev–Trinajstić information content (AvgIpc) is 3.37. The molecule has 1 aliphatic heterocycles. The number of anilines is 1. The monoisotopic (exact) mass is 593 g/mol. The van der Waals surface area contributed by atoms with Crippen LogP contribution in [0.25, 0.3) is 16.9 Å². The Morgan fingerprint density at radius 1 is 1.05 bits per heavy atom. The molecule has 43 heavy (non-hydrogen) atoms. The summed E-state index contributed by atoms with van der Waals surface area (Å²) in [6.07, 6.45) is 3.35. The van der Waals surface area contributed by atoms with Gasteiger partial charge in [-0.2, -0.15) is 5.10 Å². The molecule has 0 aliphatic carbocycles. The maximum Gasteiger partial charge on any atom is 0.240 e. The maximum atomic E-state index is 14.5. The molecular weight excluding hydrogens is 565 g/mol. The van der Waals surface area contributed by atoms with E-state index >= 15 is 0 Å². The van der Waals surface area contributed by atoms with Crippen molar-refractivity contribution in [3.63, 3.8) is 0 Å². The molecular formula is C33H28FN5O3S. The summed E-state index contributed by atoms with van der Waals surface area (Å²) in [5.74, 6) is 0.261. The highest BCUT2D eigenvalue weighted by molar-refractivity contribution is 8.00. The summed E-state index contributed by atoms with van der Waals surface area (Å²) in [6.45, 7) is 0.0494. The van der Waals surface area contributed by atoms with Gasteiger partial charge in [0.15, 0.2) is 0 Å². The van der Waals surface area contributed by atoms with Gasteiger partial charge in [-0.1, -0.05) is 48.5 Å². The first kappa shape index (κ1) is 28.2. The number of benzene rings is 3. The zero-order chi connectivity index (χ0) is 29.8. The lowest BCUT2D eigenvalue weighted by Crippen LogP contribution is -2.42. The second-order valence-electron chi connectivity index (χ2n) is 9.93. The molecule has 0 fully saturated rings. The fourth-order valence-corrected chi connectivity index (χ4v) is 6.26. The predicted octanol–water partition coefficient (Wildman–Crippen LogP) is 5.57. The van der Waals surface area contributed by atoms with Gasteiger partial charge in [-0.05, 0) is 53.6 Å². The minimum absolute atomic E-state index is 0.0859. The first-order valence-corrected chi connectivity index (χ1v) is 14.7. The number of fused-ring (bicyclic) bond motifs is 1. The lowest BCUT2D eigenvalue weighted by molar-refractivity contribution is -0.123. The van der Waals surface area contributed by atoms with Crippen molar-refractivity contribution in [1.29, 1.82) is 0 Å². The van der Waals surface area contributed by atoms with Crippen LogP contribution in [0.3, 0.4) is 0 Å². The molecule has 0 saturated carbocycles. The molecule has 3 heterocycles. The summed E-state index contributed by atoms with van der Waals surface area (Å²) < 4.78 is 21.6. The van der Waals surface area contributed by atoms with E-state index in [9.17, 15) is 14.0 Å². The van der Waals surface area contributed by atoms with E-state index in [2.05, 4.69) is 10.3 Å². The number of halogens is 1. The lowest BCUT2D eigenvalue weighted by Gasteiger charge is -2.23. The number of amides is 2. The molecule has 2 aromatic heterocycles. The van der Waals surface area contributed by atoms with E-state index in [4.69, 9.17) is 9.84 Å². The average molecular weight is 594 g/mol. The third-order valence-corrected chi connectivity index (χ3v) is 8.37. The normalized spacial score (nSPS) is 14.6. The van der Waals surface area contributed by atoms with E-state index < -0.39 is 5.25 Å². The van der Waals surface area contributed by atoms with Crippen molar-refractivity contribution in [2.75, 3.05) is 24.3 Å². The molecule has 1 N–H and O–H groups in total. The fraction of sp³-hybridized carbons (Fsp3) is 0.152. The minimum atomic E-state index is -0.430. The minimum Gasteiger partial charge on any atom is -0.497 e. The summed E-state index contributed by atoms with van der Waals surface area (Å²) in [6, 6.07) is 27.1. The highest BCUT2D eigenvalue weighted by atomic mass is 32.2. The summed E-state index contributed by atoms with van der Waals surface area (Å²) >= 11 is 1.39. The van der Waals surface area contributed by atoms with Gasteiger partial charge >= 0.3 is 0 Å². The zero-order valence-corrected chi connectivity index (χ0v) is 24.1. The molecule has 1 atom stereocenters. The Morgan fingerprint density at radius 3 is 2.58 bits per heavy atom. The quantitative estimate of drug-likeness (QED) is 0.253. The lowest BCUT2D eigenvalue weighted by atomic mass is 9.99. The molecule has 0 bridgehead atoms. The number of aromatic nitrogens is 3. The fourth-order valence-electron chi connectivity index (χ4n) is 5.07. The van der Waals surface area contributed by atoms with Crippen LogP contribution in [-0.2, 0) is 16.1 Å². The van der Waals surface area contributed by atoms with Crippen LogP contribution in [0.15, 0.2) is 103 Å². The Hall–Kier alpha value is -4.96. The molecule has 0 saturated heterocycles. The highest BCUT2D eigenvalue weighted by Crippen LogP contribution is 2.48. The van der Waals surface area contributed by atoms with Crippen molar-refractivity contribution in [1.82, 2.24) is 20.1 Å². The van der Waals surface area contributed by atoms with E-state index in [-0.39, 0.29) is 36.5 Å². The Labute approximate surface area is 252 Å². The van der Waals surface area contributed by atoms with Crippen molar-refractivity contribution in [3.8, 4) is 22.7 Å². The van der Waals surface area contributed by atoms with Crippen LogP contribution in [0.5, 0.6) is 5.75 Å². The van der Waals surface area contributed by atoms with Gasteiger partial charge in [0, 0.05) is 30.1 Å². The molecule has 216 valence electrons. The first-order chi connectivity index (χ1) is 21.0. The number of nitrogens with one attached hydrogen (secondary N) is 1. The SMILES string of the molecule is COc1ccc(-n2nc(-c3ccccc3)c3c2N(CC(=O)NCc2cccnc2)C(=O)CS[C@@H]3c2cccc(F)c2)cc1. The Balaban J connectivity index is 1.52.